The van der Waals surface area contributed by atoms with Gasteiger partial charge in [-0.25, -0.2) is 0 Å². The van der Waals surface area contributed by atoms with Gasteiger partial charge >= 0.3 is 0 Å². The molecule has 1 aliphatic rings. The Morgan fingerprint density at radius 2 is 2.13 bits per heavy atom. The molecule has 0 aromatic heterocycles. The fourth-order valence-electron chi connectivity index (χ4n) is 2.15. The second-order valence-electron chi connectivity index (χ2n) is 4.55. The molecule has 3 heteroatoms. The quantitative estimate of drug-likeness (QED) is 0.864. The molecule has 1 saturated heterocycles. The Morgan fingerprint density at radius 1 is 1.47 bits per heavy atom. The maximum absolute atomic E-state index is 9.26. The van der Waals surface area contributed by atoms with E-state index in [4.69, 9.17) is 0 Å². The van der Waals surface area contributed by atoms with Crippen LogP contribution < -0.4 is 5.32 Å². The zero-order valence-corrected chi connectivity index (χ0v) is 10.4. The minimum atomic E-state index is -0.0995. The number of nitrogens with one attached hydrogen (secondary N) is 1. The molecule has 2 N–H and O–H groups in total. The van der Waals surface area contributed by atoms with Crippen LogP contribution in [-0.2, 0) is 0 Å². The highest BCUT2D eigenvalue weighted by molar-refractivity contribution is 9.10. The first kappa shape index (κ1) is 11.1. The number of hydrogen-bond acceptors (Lipinski definition) is 2. The Balaban J connectivity index is 2.11. The van der Waals surface area contributed by atoms with Crippen LogP contribution in [0, 0.1) is 0 Å². The van der Waals surface area contributed by atoms with Crippen LogP contribution in [0.15, 0.2) is 28.7 Å². The number of aliphatic hydroxyl groups is 1. The molecule has 1 aromatic rings. The van der Waals surface area contributed by atoms with E-state index in [-0.39, 0.29) is 12.1 Å². The summed E-state index contributed by atoms with van der Waals surface area (Å²) >= 11 is 3.43. The van der Waals surface area contributed by atoms with E-state index in [9.17, 15) is 5.11 Å². The first-order valence-corrected chi connectivity index (χ1v) is 6.04. The lowest BCUT2D eigenvalue weighted by Gasteiger charge is -2.21. The summed E-state index contributed by atoms with van der Waals surface area (Å²) in [6, 6.07) is 8.45. The molecule has 1 heterocycles. The van der Waals surface area contributed by atoms with E-state index in [1.807, 2.05) is 0 Å². The zero-order valence-electron chi connectivity index (χ0n) is 8.83. The van der Waals surface area contributed by atoms with E-state index < -0.39 is 0 Å². The normalized spacial score (nSPS) is 30.7. The summed E-state index contributed by atoms with van der Waals surface area (Å²) in [5.41, 5.74) is 1.25. The van der Waals surface area contributed by atoms with Crippen LogP contribution in [0.1, 0.15) is 24.8 Å². The Bertz CT molecular complexity index is 338. The van der Waals surface area contributed by atoms with Gasteiger partial charge in [-0.05, 0) is 37.0 Å². The fourth-order valence-corrected chi connectivity index (χ4v) is 2.41. The SMILES string of the molecule is CC1(CO)CC(c2ccc(Br)cc2)CN1. The fraction of sp³-hybridized carbons (Fsp3) is 0.500. The summed E-state index contributed by atoms with van der Waals surface area (Å²) in [6.45, 7) is 3.24. The van der Waals surface area contributed by atoms with Crippen molar-refractivity contribution in [2.45, 2.75) is 24.8 Å². The molecule has 2 nitrogen and oxygen atoms in total. The minimum absolute atomic E-state index is 0.0995. The third-order valence-electron chi connectivity index (χ3n) is 3.16. The molecule has 82 valence electrons. The molecule has 1 aliphatic heterocycles. The number of rotatable bonds is 2. The third-order valence-corrected chi connectivity index (χ3v) is 3.69. The summed E-state index contributed by atoms with van der Waals surface area (Å²) < 4.78 is 1.11. The van der Waals surface area contributed by atoms with Gasteiger partial charge in [-0.15, -0.1) is 0 Å². The van der Waals surface area contributed by atoms with Gasteiger partial charge < -0.3 is 10.4 Å². The highest BCUT2D eigenvalue weighted by atomic mass is 79.9. The van der Waals surface area contributed by atoms with E-state index in [0.717, 1.165) is 17.4 Å². The van der Waals surface area contributed by atoms with Crippen LogP contribution in [0.5, 0.6) is 0 Å². The summed E-state index contributed by atoms with van der Waals surface area (Å²) in [5, 5.41) is 12.6. The summed E-state index contributed by atoms with van der Waals surface area (Å²) in [4.78, 5) is 0. The molecule has 1 aromatic carbocycles. The molecule has 0 spiro atoms. The number of aliphatic hydroxyl groups excluding tert-OH is 1. The van der Waals surface area contributed by atoms with Gasteiger partial charge in [-0.3, -0.25) is 0 Å². The second-order valence-corrected chi connectivity index (χ2v) is 5.47. The van der Waals surface area contributed by atoms with Crippen molar-refractivity contribution in [1.82, 2.24) is 5.32 Å². The van der Waals surface area contributed by atoms with Crippen molar-refractivity contribution in [3.05, 3.63) is 34.3 Å². The molecular weight excluding hydrogens is 254 g/mol. The highest BCUT2D eigenvalue weighted by Gasteiger charge is 2.34. The number of hydrogen-bond donors (Lipinski definition) is 2. The predicted molar refractivity (Wildman–Crippen MR) is 65.0 cm³/mol. The predicted octanol–water partition coefficient (Wildman–Crippen LogP) is 2.28. The summed E-state index contributed by atoms with van der Waals surface area (Å²) in [6.07, 6.45) is 1.01. The summed E-state index contributed by atoms with van der Waals surface area (Å²) in [7, 11) is 0. The van der Waals surface area contributed by atoms with E-state index in [0.29, 0.717) is 5.92 Å². The maximum atomic E-state index is 9.26. The average Bonchev–Trinajstić information content (AvgIpc) is 2.63. The van der Waals surface area contributed by atoms with Crippen molar-refractivity contribution in [1.29, 1.82) is 0 Å². The van der Waals surface area contributed by atoms with Gasteiger partial charge in [0.2, 0.25) is 0 Å². The first-order valence-electron chi connectivity index (χ1n) is 5.24. The Kier molecular flexibility index (Phi) is 3.14. The van der Waals surface area contributed by atoms with Gasteiger partial charge in [0.1, 0.15) is 0 Å². The standard InChI is InChI=1S/C12H16BrNO/c1-12(8-15)6-10(7-14-12)9-2-4-11(13)5-3-9/h2-5,10,14-15H,6-8H2,1H3. The monoisotopic (exact) mass is 269 g/mol. The Hall–Kier alpha value is -0.380. The van der Waals surface area contributed by atoms with E-state index in [1.54, 1.807) is 0 Å². The molecular formula is C12H16BrNO. The van der Waals surface area contributed by atoms with Crippen molar-refractivity contribution in [2.24, 2.45) is 0 Å². The number of halogens is 1. The maximum Gasteiger partial charge on any atom is 0.0610 e. The minimum Gasteiger partial charge on any atom is -0.394 e. The van der Waals surface area contributed by atoms with Crippen LogP contribution in [0.2, 0.25) is 0 Å². The van der Waals surface area contributed by atoms with E-state index in [2.05, 4.69) is 52.4 Å². The molecule has 0 radical (unpaired) electrons. The van der Waals surface area contributed by atoms with Crippen molar-refractivity contribution >= 4 is 15.9 Å². The Morgan fingerprint density at radius 3 is 2.67 bits per heavy atom. The van der Waals surface area contributed by atoms with E-state index >= 15 is 0 Å². The van der Waals surface area contributed by atoms with Gasteiger partial charge in [0, 0.05) is 16.6 Å². The van der Waals surface area contributed by atoms with E-state index in [1.165, 1.54) is 5.56 Å². The van der Waals surface area contributed by atoms with Gasteiger partial charge in [0.15, 0.2) is 0 Å². The van der Waals surface area contributed by atoms with Gasteiger partial charge in [-0.2, -0.15) is 0 Å². The molecule has 2 unspecified atom stereocenters. The average molecular weight is 270 g/mol. The molecule has 0 aliphatic carbocycles. The van der Waals surface area contributed by atoms with Gasteiger partial charge in [-0.1, -0.05) is 28.1 Å². The van der Waals surface area contributed by atoms with Crippen LogP contribution in [0.4, 0.5) is 0 Å². The largest absolute Gasteiger partial charge is 0.394 e. The van der Waals surface area contributed by atoms with Crippen molar-refractivity contribution < 1.29 is 5.11 Å². The molecule has 0 bridgehead atoms. The topological polar surface area (TPSA) is 32.3 Å². The van der Waals surface area contributed by atoms with Gasteiger partial charge in [0.25, 0.3) is 0 Å². The second kappa shape index (κ2) is 4.24. The van der Waals surface area contributed by atoms with Gasteiger partial charge in [0.05, 0.1) is 6.61 Å². The van der Waals surface area contributed by atoms with Crippen LogP contribution >= 0.6 is 15.9 Å². The zero-order chi connectivity index (χ0) is 10.9. The summed E-state index contributed by atoms with van der Waals surface area (Å²) in [5.74, 6) is 0.523. The van der Waals surface area contributed by atoms with Crippen molar-refractivity contribution in [2.75, 3.05) is 13.2 Å². The molecule has 2 atom stereocenters. The molecule has 1 fully saturated rings. The third kappa shape index (κ3) is 2.41. The van der Waals surface area contributed by atoms with Crippen LogP contribution in [-0.4, -0.2) is 23.8 Å². The van der Waals surface area contributed by atoms with Crippen molar-refractivity contribution in [3.63, 3.8) is 0 Å². The lowest BCUT2D eigenvalue weighted by molar-refractivity contribution is 0.191. The lowest BCUT2D eigenvalue weighted by atomic mass is 9.91. The lowest BCUT2D eigenvalue weighted by Crippen LogP contribution is -2.39. The van der Waals surface area contributed by atoms with Crippen LogP contribution in [0.25, 0.3) is 0 Å². The molecule has 2 rings (SSSR count). The smallest absolute Gasteiger partial charge is 0.0610 e. The Labute approximate surface area is 98.8 Å². The highest BCUT2D eigenvalue weighted by Crippen LogP contribution is 2.31. The van der Waals surface area contributed by atoms with Crippen LogP contribution in [0.3, 0.4) is 0 Å². The molecule has 0 amide bonds. The molecule has 15 heavy (non-hydrogen) atoms. The number of benzene rings is 1. The molecule has 0 saturated carbocycles. The first-order chi connectivity index (χ1) is 7.13. The van der Waals surface area contributed by atoms with Crippen molar-refractivity contribution in [3.8, 4) is 0 Å².